The summed E-state index contributed by atoms with van der Waals surface area (Å²) < 4.78 is 16.5. The molecule has 3 N–H and O–H groups in total. The Balaban J connectivity index is 0.00000512. The summed E-state index contributed by atoms with van der Waals surface area (Å²) in [7, 11) is 1.75. The normalized spacial score (nSPS) is 16.0. The Bertz CT molecular complexity index is 714. The highest BCUT2D eigenvalue weighted by Crippen LogP contribution is 2.24. The average molecular weight is 562 g/mol. The number of nitrogens with one attached hydrogen (secondary N) is 3. The Labute approximate surface area is 209 Å². The zero-order chi connectivity index (χ0) is 22.7. The Hall–Kier alpha value is -1.59. The summed E-state index contributed by atoms with van der Waals surface area (Å²) in [4.78, 5) is 16.6. The Kier molecular flexibility index (Phi) is 12.3. The second-order valence-electron chi connectivity index (χ2n) is 8.70. The van der Waals surface area contributed by atoms with Crippen molar-refractivity contribution in [1.82, 2.24) is 10.6 Å². The van der Waals surface area contributed by atoms with Gasteiger partial charge in [-0.2, -0.15) is 0 Å². The van der Waals surface area contributed by atoms with Crippen molar-refractivity contribution in [3.63, 3.8) is 0 Å². The molecule has 1 saturated heterocycles. The molecule has 32 heavy (non-hydrogen) atoms. The molecule has 1 aromatic rings. The van der Waals surface area contributed by atoms with Gasteiger partial charge in [0.2, 0.25) is 0 Å². The minimum Gasteiger partial charge on any atom is -0.444 e. The number of ether oxygens (including phenoxy) is 3. The second-order valence-corrected chi connectivity index (χ2v) is 8.70. The molecule has 1 aliphatic rings. The number of anilines is 1. The van der Waals surface area contributed by atoms with Crippen molar-refractivity contribution in [2.45, 2.75) is 58.2 Å². The molecule has 1 aromatic carbocycles. The molecule has 0 aliphatic carbocycles. The van der Waals surface area contributed by atoms with Gasteiger partial charge in [0, 0.05) is 51.9 Å². The van der Waals surface area contributed by atoms with Crippen molar-refractivity contribution >= 4 is 41.7 Å². The van der Waals surface area contributed by atoms with E-state index in [4.69, 9.17) is 19.2 Å². The number of halogens is 1. The lowest BCUT2D eigenvalue weighted by Gasteiger charge is -2.34. The van der Waals surface area contributed by atoms with Crippen molar-refractivity contribution in [3.8, 4) is 0 Å². The molecular formula is C23H39IN4O4. The van der Waals surface area contributed by atoms with E-state index in [9.17, 15) is 4.79 Å². The molecule has 9 heteroatoms. The zero-order valence-electron chi connectivity index (χ0n) is 20.0. The van der Waals surface area contributed by atoms with E-state index < -0.39 is 11.7 Å². The van der Waals surface area contributed by atoms with Gasteiger partial charge in [-0.15, -0.1) is 24.0 Å². The predicted molar refractivity (Wildman–Crippen MR) is 139 cm³/mol. The van der Waals surface area contributed by atoms with Gasteiger partial charge in [0.1, 0.15) is 5.60 Å². The summed E-state index contributed by atoms with van der Waals surface area (Å²) in [5, 5.41) is 9.42. The van der Waals surface area contributed by atoms with Gasteiger partial charge < -0.3 is 24.8 Å². The number of carbonyl (C=O) groups excluding carboxylic acids is 1. The first kappa shape index (κ1) is 28.4. The standard InChI is InChI=1S/C23H38N4O4.HI/c1-6-24-20(26-17-23(29-5)12-15-30-16-13-23)25-14-11-18-7-9-19(10-8-18)27-21(28)31-22(2,3)4;/h7-10H,6,11-17H2,1-5H3,(H,27,28)(H2,24,25,26);1H. The molecule has 1 aliphatic heterocycles. The number of hydrogen-bond donors (Lipinski definition) is 3. The topological polar surface area (TPSA) is 93.2 Å². The quantitative estimate of drug-likeness (QED) is 0.253. The number of rotatable bonds is 8. The molecule has 182 valence electrons. The van der Waals surface area contributed by atoms with Crippen molar-refractivity contribution in [2.24, 2.45) is 4.99 Å². The number of amides is 1. The third-order valence-corrected chi connectivity index (χ3v) is 5.01. The molecule has 0 unspecified atom stereocenters. The smallest absolute Gasteiger partial charge is 0.412 e. The fourth-order valence-electron chi connectivity index (χ4n) is 3.24. The van der Waals surface area contributed by atoms with Gasteiger partial charge >= 0.3 is 6.09 Å². The SMILES string of the molecule is CCNC(=NCC1(OC)CCOCC1)NCCc1ccc(NC(=O)OC(C)(C)C)cc1.I. The first-order valence-electron chi connectivity index (χ1n) is 11.0. The van der Waals surface area contributed by atoms with Crippen LogP contribution in [-0.4, -0.2) is 63.2 Å². The van der Waals surface area contributed by atoms with Crippen molar-refractivity contribution < 1.29 is 19.0 Å². The molecule has 2 rings (SSSR count). The summed E-state index contributed by atoms with van der Waals surface area (Å²) in [5.74, 6) is 0.786. The van der Waals surface area contributed by atoms with Crippen LogP contribution in [0, 0.1) is 0 Å². The first-order valence-corrected chi connectivity index (χ1v) is 11.0. The fraction of sp³-hybridized carbons (Fsp3) is 0.652. The molecule has 1 fully saturated rings. The molecule has 0 atom stereocenters. The summed E-state index contributed by atoms with van der Waals surface area (Å²) in [5.41, 5.74) is 1.12. The van der Waals surface area contributed by atoms with Crippen LogP contribution in [0.3, 0.4) is 0 Å². The number of hydrogen-bond acceptors (Lipinski definition) is 5. The van der Waals surface area contributed by atoms with Gasteiger partial charge in [-0.3, -0.25) is 10.3 Å². The van der Waals surface area contributed by atoms with Gasteiger partial charge in [-0.25, -0.2) is 4.79 Å². The fourth-order valence-corrected chi connectivity index (χ4v) is 3.24. The van der Waals surface area contributed by atoms with E-state index >= 15 is 0 Å². The van der Waals surface area contributed by atoms with E-state index in [2.05, 4.69) is 16.0 Å². The van der Waals surface area contributed by atoms with Crippen LogP contribution in [0.25, 0.3) is 0 Å². The van der Waals surface area contributed by atoms with E-state index in [1.54, 1.807) is 7.11 Å². The highest BCUT2D eigenvalue weighted by Gasteiger charge is 2.32. The molecule has 0 spiro atoms. The monoisotopic (exact) mass is 562 g/mol. The van der Waals surface area contributed by atoms with E-state index in [1.165, 1.54) is 0 Å². The minimum atomic E-state index is -0.519. The first-order chi connectivity index (χ1) is 14.8. The van der Waals surface area contributed by atoms with Gasteiger partial charge in [-0.05, 0) is 51.8 Å². The summed E-state index contributed by atoms with van der Waals surface area (Å²) in [6, 6.07) is 7.76. The largest absolute Gasteiger partial charge is 0.444 e. The number of aliphatic imine (C=N–C) groups is 1. The van der Waals surface area contributed by atoms with Crippen molar-refractivity contribution in [2.75, 3.05) is 45.3 Å². The zero-order valence-corrected chi connectivity index (χ0v) is 22.3. The molecule has 0 bridgehead atoms. The Morgan fingerprint density at radius 1 is 1.16 bits per heavy atom. The maximum atomic E-state index is 11.9. The summed E-state index contributed by atoms with van der Waals surface area (Å²) >= 11 is 0. The maximum Gasteiger partial charge on any atom is 0.412 e. The molecule has 1 heterocycles. The highest BCUT2D eigenvalue weighted by molar-refractivity contribution is 14.0. The van der Waals surface area contributed by atoms with Crippen LogP contribution in [0.5, 0.6) is 0 Å². The Morgan fingerprint density at radius 3 is 2.38 bits per heavy atom. The van der Waals surface area contributed by atoms with Gasteiger partial charge in [0.15, 0.2) is 5.96 Å². The number of guanidine groups is 1. The summed E-state index contributed by atoms with van der Waals surface area (Å²) in [6.45, 7) is 11.1. The van der Waals surface area contributed by atoms with Crippen LogP contribution in [-0.2, 0) is 20.6 Å². The van der Waals surface area contributed by atoms with E-state index in [1.807, 2.05) is 52.0 Å². The van der Waals surface area contributed by atoms with Crippen LogP contribution in [0.1, 0.15) is 46.1 Å². The third-order valence-electron chi connectivity index (χ3n) is 5.01. The van der Waals surface area contributed by atoms with E-state index in [-0.39, 0.29) is 29.6 Å². The number of nitrogens with zero attached hydrogens (tertiary/aromatic N) is 1. The summed E-state index contributed by atoms with van der Waals surface area (Å²) in [6.07, 6.45) is 2.10. The van der Waals surface area contributed by atoms with Crippen molar-refractivity contribution in [3.05, 3.63) is 29.8 Å². The molecule has 0 aromatic heterocycles. The minimum absolute atomic E-state index is 0. The number of methoxy groups -OCH3 is 1. The predicted octanol–water partition coefficient (Wildman–Crippen LogP) is 3.94. The molecule has 8 nitrogen and oxygen atoms in total. The maximum absolute atomic E-state index is 11.9. The van der Waals surface area contributed by atoms with E-state index in [0.29, 0.717) is 25.4 Å². The van der Waals surface area contributed by atoms with Crippen LogP contribution in [0.4, 0.5) is 10.5 Å². The van der Waals surface area contributed by atoms with Gasteiger partial charge in [-0.1, -0.05) is 12.1 Å². The highest BCUT2D eigenvalue weighted by atomic mass is 127. The van der Waals surface area contributed by atoms with Crippen LogP contribution < -0.4 is 16.0 Å². The second kappa shape index (κ2) is 13.8. The lowest BCUT2D eigenvalue weighted by Crippen LogP contribution is -2.44. The lowest BCUT2D eigenvalue weighted by molar-refractivity contribution is -0.0828. The number of carbonyl (C=O) groups is 1. The van der Waals surface area contributed by atoms with Gasteiger partial charge in [0.05, 0.1) is 12.1 Å². The number of benzene rings is 1. The van der Waals surface area contributed by atoms with Crippen LogP contribution in [0.2, 0.25) is 0 Å². The average Bonchev–Trinajstić information content (AvgIpc) is 2.72. The van der Waals surface area contributed by atoms with Gasteiger partial charge in [0.25, 0.3) is 0 Å². The molecular weight excluding hydrogens is 523 g/mol. The molecule has 1 amide bonds. The van der Waals surface area contributed by atoms with Crippen molar-refractivity contribution in [1.29, 1.82) is 0 Å². The molecule has 0 radical (unpaired) electrons. The Morgan fingerprint density at radius 2 is 1.81 bits per heavy atom. The van der Waals surface area contributed by atoms with E-state index in [0.717, 1.165) is 43.9 Å². The third kappa shape index (κ3) is 10.4. The van der Waals surface area contributed by atoms with Crippen LogP contribution >= 0.6 is 24.0 Å². The lowest BCUT2D eigenvalue weighted by atomic mass is 9.94. The molecule has 0 saturated carbocycles. The van der Waals surface area contributed by atoms with Crippen LogP contribution in [0.15, 0.2) is 29.3 Å².